The van der Waals surface area contributed by atoms with Crippen LogP contribution >= 0.6 is 34.7 Å². The smallest absolute Gasteiger partial charge is 0.236 e. The number of rotatable bonds is 6. The Morgan fingerprint density at radius 1 is 1.21 bits per heavy atom. The average Bonchev–Trinajstić information content (AvgIpc) is 3.00. The van der Waals surface area contributed by atoms with E-state index < -0.39 is 5.82 Å². The van der Waals surface area contributed by atoms with E-state index in [0.717, 1.165) is 11.5 Å². The largest absolute Gasteiger partial charge is 0.492 e. The van der Waals surface area contributed by atoms with E-state index in [4.69, 9.17) is 33.3 Å². The number of aromatic hydroxyl groups is 1. The number of hydrogen-bond donors (Lipinski definition) is 4. The van der Waals surface area contributed by atoms with Crippen molar-refractivity contribution in [2.24, 2.45) is 0 Å². The lowest BCUT2D eigenvalue weighted by Gasteiger charge is -2.13. The number of nitrogens with zero attached hydrogens (tertiary/aromatic N) is 1. The fraction of sp³-hybridized carbons (Fsp3) is 0.158. The van der Waals surface area contributed by atoms with Crippen LogP contribution in [-0.2, 0) is 0 Å². The van der Waals surface area contributed by atoms with Gasteiger partial charge in [-0.3, -0.25) is 5.41 Å². The van der Waals surface area contributed by atoms with E-state index >= 15 is 0 Å². The molecule has 4 N–H and O–H groups in total. The number of halogens is 3. The van der Waals surface area contributed by atoms with E-state index in [-0.39, 0.29) is 34.8 Å². The second kappa shape index (κ2) is 8.86. The van der Waals surface area contributed by atoms with Crippen LogP contribution in [0.5, 0.6) is 17.4 Å². The first-order chi connectivity index (χ1) is 13.7. The van der Waals surface area contributed by atoms with E-state index in [1.165, 1.54) is 18.2 Å². The molecule has 0 atom stereocenters. The van der Waals surface area contributed by atoms with Crippen molar-refractivity contribution < 1.29 is 14.2 Å². The molecule has 3 rings (SSSR count). The van der Waals surface area contributed by atoms with Gasteiger partial charge in [-0.2, -0.15) is 4.37 Å². The van der Waals surface area contributed by atoms with Gasteiger partial charge in [-0.1, -0.05) is 23.2 Å². The summed E-state index contributed by atoms with van der Waals surface area (Å²) in [6.45, 7) is 3.75. The lowest BCUT2D eigenvalue weighted by Crippen LogP contribution is -2.30. The third-order valence-electron chi connectivity index (χ3n) is 3.66. The monoisotopic (exact) mass is 454 g/mol. The SMILES string of the molecule is CC(C)NC(=N)c1c(O)nsc1Nc1ccc(Oc2cc(Cl)ccc2Cl)c(F)c1. The van der Waals surface area contributed by atoms with Gasteiger partial charge in [-0.05, 0) is 49.6 Å². The molecular formula is C19H17Cl2FN4O2S. The molecule has 152 valence electrons. The topological polar surface area (TPSA) is 90.3 Å². The van der Waals surface area contributed by atoms with Gasteiger partial charge in [-0.25, -0.2) is 4.39 Å². The first kappa shape index (κ1) is 21.2. The number of nitrogens with one attached hydrogen (secondary N) is 3. The molecule has 0 radical (unpaired) electrons. The Morgan fingerprint density at radius 3 is 2.66 bits per heavy atom. The van der Waals surface area contributed by atoms with Gasteiger partial charge >= 0.3 is 0 Å². The molecule has 0 amide bonds. The standard InChI is InChI=1S/C19H17Cl2FN4O2S/c1-9(2)24-17(23)16-18(27)26-29-19(16)25-11-4-6-14(13(22)8-11)28-15-7-10(20)3-5-12(15)21/h3-9,25H,1-2H3,(H2,23,24)(H,26,27). The summed E-state index contributed by atoms with van der Waals surface area (Å²) >= 11 is 12.9. The average molecular weight is 455 g/mol. The highest BCUT2D eigenvalue weighted by Gasteiger charge is 2.19. The van der Waals surface area contributed by atoms with Crippen molar-refractivity contribution in [2.75, 3.05) is 5.32 Å². The fourth-order valence-corrected chi connectivity index (χ4v) is 3.45. The Bertz CT molecular complexity index is 1060. The third-order valence-corrected chi connectivity index (χ3v) is 4.96. The molecule has 0 saturated carbocycles. The molecule has 29 heavy (non-hydrogen) atoms. The minimum atomic E-state index is -0.628. The fourth-order valence-electron chi connectivity index (χ4n) is 2.42. The molecule has 1 aromatic heterocycles. The molecule has 0 spiro atoms. The number of benzene rings is 2. The predicted octanol–water partition coefficient (Wildman–Crippen LogP) is 6.15. The van der Waals surface area contributed by atoms with Gasteiger partial charge in [0.15, 0.2) is 11.6 Å². The molecule has 0 aliphatic rings. The molecule has 0 unspecified atom stereocenters. The molecule has 0 aliphatic heterocycles. The third kappa shape index (κ3) is 5.09. The van der Waals surface area contributed by atoms with Crippen molar-refractivity contribution in [3.63, 3.8) is 0 Å². The normalized spacial score (nSPS) is 10.8. The molecule has 3 aromatic rings. The maximum absolute atomic E-state index is 14.5. The van der Waals surface area contributed by atoms with Gasteiger partial charge in [0.1, 0.15) is 22.1 Å². The van der Waals surface area contributed by atoms with Crippen molar-refractivity contribution in [3.05, 3.63) is 57.8 Å². The zero-order chi connectivity index (χ0) is 21.1. The molecule has 1 heterocycles. The number of amidine groups is 1. The summed E-state index contributed by atoms with van der Waals surface area (Å²) in [6, 6.07) is 8.92. The molecule has 0 aliphatic carbocycles. The van der Waals surface area contributed by atoms with Gasteiger partial charge in [0.25, 0.3) is 0 Å². The summed E-state index contributed by atoms with van der Waals surface area (Å²) in [5.74, 6) is -0.670. The summed E-state index contributed by atoms with van der Waals surface area (Å²) in [5, 5.41) is 25.1. The Kier molecular flexibility index (Phi) is 6.46. The highest BCUT2D eigenvalue weighted by Crippen LogP contribution is 2.36. The second-order valence-corrected chi connectivity index (χ2v) is 7.95. The van der Waals surface area contributed by atoms with Gasteiger partial charge in [0.2, 0.25) is 5.88 Å². The summed E-state index contributed by atoms with van der Waals surface area (Å²) in [4.78, 5) is 0. The Hall–Kier alpha value is -2.55. The van der Waals surface area contributed by atoms with Crippen LogP contribution in [0.3, 0.4) is 0 Å². The molecule has 0 bridgehead atoms. The Labute approximate surface area is 180 Å². The first-order valence-electron chi connectivity index (χ1n) is 8.48. The van der Waals surface area contributed by atoms with Gasteiger partial charge in [0.05, 0.1) is 5.02 Å². The number of anilines is 2. The van der Waals surface area contributed by atoms with E-state index in [1.54, 1.807) is 18.2 Å². The van der Waals surface area contributed by atoms with Crippen molar-refractivity contribution >= 4 is 51.3 Å². The van der Waals surface area contributed by atoms with Crippen LogP contribution in [0.25, 0.3) is 0 Å². The summed E-state index contributed by atoms with van der Waals surface area (Å²) < 4.78 is 23.9. The minimum absolute atomic E-state index is 0.00170. The second-order valence-electron chi connectivity index (χ2n) is 6.33. The van der Waals surface area contributed by atoms with Crippen LogP contribution in [0.1, 0.15) is 19.4 Å². The highest BCUT2D eigenvalue weighted by molar-refractivity contribution is 7.11. The van der Waals surface area contributed by atoms with Crippen LogP contribution in [0.4, 0.5) is 15.1 Å². The van der Waals surface area contributed by atoms with Gasteiger partial charge in [-0.15, -0.1) is 0 Å². The highest BCUT2D eigenvalue weighted by atomic mass is 35.5. The number of aromatic nitrogens is 1. The van der Waals surface area contributed by atoms with Crippen LogP contribution in [0.2, 0.25) is 10.0 Å². The molecule has 0 fully saturated rings. The van der Waals surface area contributed by atoms with E-state index in [0.29, 0.717) is 20.7 Å². The zero-order valence-electron chi connectivity index (χ0n) is 15.4. The van der Waals surface area contributed by atoms with Crippen LogP contribution in [-0.4, -0.2) is 21.4 Å². The Morgan fingerprint density at radius 2 is 1.97 bits per heavy atom. The summed E-state index contributed by atoms with van der Waals surface area (Å²) in [6.07, 6.45) is 0. The maximum atomic E-state index is 14.5. The van der Waals surface area contributed by atoms with Crippen molar-refractivity contribution in [1.29, 1.82) is 5.41 Å². The lowest BCUT2D eigenvalue weighted by atomic mass is 10.2. The molecule has 10 heteroatoms. The van der Waals surface area contributed by atoms with E-state index in [9.17, 15) is 9.50 Å². The maximum Gasteiger partial charge on any atom is 0.236 e. The first-order valence-corrected chi connectivity index (χ1v) is 10.0. The summed E-state index contributed by atoms with van der Waals surface area (Å²) in [7, 11) is 0. The molecule has 6 nitrogen and oxygen atoms in total. The van der Waals surface area contributed by atoms with Crippen LogP contribution in [0, 0.1) is 11.2 Å². The van der Waals surface area contributed by atoms with Crippen LogP contribution in [0.15, 0.2) is 36.4 Å². The summed E-state index contributed by atoms with van der Waals surface area (Å²) in [5.41, 5.74) is 0.615. The number of ether oxygens (including phenoxy) is 1. The Balaban J connectivity index is 1.81. The molecule has 2 aromatic carbocycles. The lowest BCUT2D eigenvalue weighted by molar-refractivity contribution is 0.443. The van der Waals surface area contributed by atoms with Gasteiger partial charge < -0.3 is 20.5 Å². The van der Waals surface area contributed by atoms with Gasteiger partial charge in [0, 0.05) is 28.9 Å². The van der Waals surface area contributed by atoms with E-state index in [1.807, 2.05) is 13.8 Å². The van der Waals surface area contributed by atoms with Crippen molar-refractivity contribution in [1.82, 2.24) is 9.69 Å². The van der Waals surface area contributed by atoms with Crippen LogP contribution < -0.4 is 15.4 Å². The number of hydrogen-bond acceptors (Lipinski definition) is 6. The molecular weight excluding hydrogens is 438 g/mol. The van der Waals surface area contributed by atoms with Crippen molar-refractivity contribution in [2.45, 2.75) is 19.9 Å². The molecule has 0 saturated heterocycles. The predicted molar refractivity (Wildman–Crippen MR) is 115 cm³/mol. The quantitative estimate of drug-likeness (QED) is 0.264. The minimum Gasteiger partial charge on any atom is -0.492 e. The van der Waals surface area contributed by atoms with E-state index in [2.05, 4.69) is 15.0 Å². The zero-order valence-corrected chi connectivity index (χ0v) is 17.7. The van der Waals surface area contributed by atoms with Crippen molar-refractivity contribution in [3.8, 4) is 17.4 Å².